The number of amides is 2. The zero-order valence-electron chi connectivity index (χ0n) is 15.9. The molecule has 1 unspecified atom stereocenters. The molecule has 0 aliphatic carbocycles. The van der Waals surface area contributed by atoms with Crippen molar-refractivity contribution in [1.29, 1.82) is 0 Å². The molecule has 0 aromatic heterocycles. The molecule has 1 saturated heterocycles. The highest BCUT2D eigenvalue weighted by Gasteiger charge is 2.25. The standard InChI is InChI=1S/C21H27N3O3/c1-26-19-11-10-16(14-20(19)27-2)18(24-12-6-7-13-24)15-22-21(25)23-17-8-4-3-5-9-17/h3-5,8-11,14,18H,6-7,12-13,15H2,1-2H3,(H2,22,23,25). The number of ether oxygens (including phenoxy) is 2. The van der Waals surface area contributed by atoms with Gasteiger partial charge in [-0.25, -0.2) is 4.79 Å². The molecule has 6 heteroatoms. The summed E-state index contributed by atoms with van der Waals surface area (Å²) in [6.45, 7) is 2.58. The fourth-order valence-corrected chi connectivity index (χ4v) is 3.46. The van der Waals surface area contributed by atoms with Crippen molar-refractivity contribution >= 4 is 11.7 Å². The highest BCUT2D eigenvalue weighted by molar-refractivity contribution is 5.89. The number of carbonyl (C=O) groups excluding carboxylic acids is 1. The zero-order valence-corrected chi connectivity index (χ0v) is 15.9. The van der Waals surface area contributed by atoms with Gasteiger partial charge in [0, 0.05) is 12.2 Å². The number of nitrogens with zero attached hydrogens (tertiary/aromatic N) is 1. The normalized spacial score (nSPS) is 15.2. The van der Waals surface area contributed by atoms with Crippen molar-refractivity contribution < 1.29 is 14.3 Å². The maximum absolute atomic E-state index is 12.3. The molecule has 1 atom stereocenters. The average Bonchev–Trinajstić information content (AvgIpc) is 3.23. The Morgan fingerprint density at radius 3 is 2.41 bits per heavy atom. The Morgan fingerprint density at radius 2 is 1.74 bits per heavy atom. The van der Waals surface area contributed by atoms with E-state index < -0.39 is 0 Å². The van der Waals surface area contributed by atoms with E-state index in [1.54, 1.807) is 14.2 Å². The lowest BCUT2D eigenvalue weighted by Crippen LogP contribution is -2.38. The van der Waals surface area contributed by atoms with Gasteiger partial charge in [0.1, 0.15) is 0 Å². The molecule has 1 fully saturated rings. The van der Waals surface area contributed by atoms with Gasteiger partial charge >= 0.3 is 6.03 Å². The van der Waals surface area contributed by atoms with Gasteiger partial charge in [-0.2, -0.15) is 0 Å². The van der Waals surface area contributed by atoms with E-state index in [0.717, 1.165) is 24.3 Å². The molecule has 0 saturated carbocycles. The lowest BCUT2D eigenvalue weighted by Gasteiger charge is -2.28. The minimum absolute atomic E-state index is 0.0915. The lowest BCUT2D eigenvalue weighted by atomic mass is 10.0. The van der Waals surface area contributed by atoms with E-state index in [4.69, 9.17) is 9.47 Å². The molecule has 2 N–H and O–H groups in total. The molecule has 2 aromatic carbocycles. The summed E-state index contributed by atoms with van der Waals surface area (Å²) in [5.74, 6) is 1.41. The van der Waals surface area contributed by atoms with Crippen LogP contribution in [-0.4, -0.2) is 44.8 Å². The Morgan fingerprint density at radius 1 is 1.04 bits per heavy atom. The number of methoxy groups -OCH3 is 2. The van der Waals surface area contributed by atoms with Gasteiger partial charge in [-0.15, -0.1) is 0 Å². The number of nitrogens with one attached hydrogen (secondary N) is 2. The van der Waals surface area contributed by atoms with Gasteiger partial charge in [0.15, 0.2) is 11.5 Å². The van der Waals surface area contributed by atoms with Crippen molar-refractivity contribution in [3.8, 4) is 11.5 Å². The number of benzene rings is 2. The van der Waals surface area contributed by atoms with Crippen LogP contribution in [0.15, 0.2) is 48.5 Å². The van der Waals surface area contributed by atoms with E-state index in [-0.39, 0.29) is 12.1 Å². The van der Waals surface area contributed by atoms with Crippen LogP contribution in [0.4, 0.5) is 10.5 Å². The fourth-order valence-electron chi connectivity index (χ4n) is 3.46. The van der Waals surface area contributed by atoms with Crippen molar-refractivity contribution in [3.63, 3.8) is 0 Å². The van der Waals surface area contributed by atoms with Crippen molar-refractivity contribution in [3.05, 3.63) is 54.1 Å². The minimum Gasteiger partial charge on any atom is -0.493 e. The molecule has 2 aromatic rings. The third kappa shape index (κ3) is 4.92. The van der Waals surface area contributed by atoms with Crippen molar-refractivity contribution in [2.45, 2.75) is 18.9 Å². The highest BCUT2D eigenvalue weighted by Crippen LogP contribution is 2.33. The predicted molar refractivity (Wildman–Crippen MR) is 107 cm³/mol. The molecule has 2 amide bonds. The van der Waals surface area contributed by atoms with Gasteiger partial charge < -0.3 is 20.1 Å². The van der Waals surface area contributed by atoms with Crippen LogP contribution in [-0.2, 0) is 0 Å². The van der Waals surface area contributed by atoms with Crippen LogP contribution in [0.25, 0.3) is 0 Å². The molecule has 144 valence electrons. The van der Waals surface area contributed by atoms with Gasteiger partial charge in [0.05, 0.1) is 20.3 Å². The monoisotopic (exact) mass is 369 g/mol. The maximum atomic E-state index is 12.3. The third-order valence-corrected chi connectivity index (χ3v) is 4.86. The third-order valence-electron chi connectivity index (χ3n) is 4.86. The lowest BCUT2D eigenvalue weighted by molar-refractivity contribution is 0.227. The second kappa shape index (κ2) is 9.28. The van der Waals surface area contributed by atoms with Gasteiger partial charge in [-0.05, 0) is 55.8 Å². The number of rotatable bonds is 7. The largest absolute Gasteiger partial charge is 0.493 e. The van der Waals surface area contributed by atoms with Crippen LogP contribution in [0, 0.1) is 0 Å². The number of likely N-dealkylation sites (tertiary alicyclic amines) is 1. The van der Waals surface area contributed by atoms with Gasteiger partial charge in [0.25, 0.3) is 0 Å². The SMILES string of the molecule is COc1ccc(C(CNC(=O)Nc2ccccc2)N2CCCC2)cc1OC. The minimum atomic E-state index is -0.203. The quantitative estimate of drug-likeness (QED) is 0.782. The summed E-state index contributed by atoms with van der Waals surface area (Å²) in [6.07, 6.45) is 2.36. The van der Waals surface area contributed by atoms with Crippen LogP contribution in [0.2, 0.25) is 0 Å². The van der Waals surface area contributed by atoms with Crippen molar-refractivity contribution in [2.75, 3.05) is 39.2 Å². The predicted octanol–water partition coefficient (Wildman–Crippen LogP) is 3.66. The zero-order chi connectivity index (χ0) is 19.1. The second-order valence-electron chi connectivity index (χ2n) is 6.57. The van der Waals surface area contributed by atoms with E-state index in [1.165, 1.54) is 12.8 Å². The summed E-state index contributed by atoms with van der Waals surface area (Å²) in [6, 6.07) is 15.3. The molecule has 0 spiro atoms. The molecule has 1 heterocycles. The van der Waals surface area contributed by atoms with Crippen molar-refractivity contribution in [2.24, 2.45) is 0 Å². The van der Waals surface area contributed by atoms with E-state index in [0.29, 0.717) is 18.0 Å². The first kappa shape index (κ1) is 19.0. The smallest absolute Gasteiger partial charge is 0.319 e. The number of carbonyl (C=O) groups is 1. The summed E-state index contributed by atoms with van der Waals surface area (Å²) < 4.78 is 10.8. The molecule has 1 aliphatic heterocycles. The van der Waals surface area contributed by atoms with E-state index >= 15 is 0 Å². The topological polar surface area (TPSA) is 62.8 Å². The summed E-state index contributed by atoms with van der Waals surface area (Å²) in [5, 5.41) is 5.88. The van der Waals surface area contributed by atoms with Crippen LogP contribution in [0.1, 0.15) is 24.4 Å². The summed E-state index contributed by atoms with van der Waals surface area (Å²) in [4.78, 5) is 14.7. The molecule has 27 heavy (non-hydrogen) atoms. The molecular formula is C21H27N3O3. The Hall–Kier alpha value is -2.73. The summed E-state index contributed by atoms with van der Waals surface area (Å²) in [7, 11) is 3.27. The van der Waals surface area contributed by atoms with Crippen LogP contribution < -0.4 is 20.1 Å². The van der Waals surface area contributed by atoms with E-state index in [1.807, 2.05) is 48.5 Å². The van der Waals surface area contributed by atoms with Crippen molar-refractivity contribution in [1.82, 2.24) is 10.2 Å². The van der Waals surface area contributed by atoms with Gasteiger partial charge in [-0.1, -0.05) is 24.3 Å². The Kier molecular flexibility index (Phi) is 6.54. The van der Waals surface area contributed by atoms with Crippen LogP contribution in [0.5, 0.6) is 11.5 Å². The average molecular weight is 369 g/mol. The Labute approximate surface area is 160 Å². The number of hydrogen-bond acceptors (Lipinski definition) is 4. The fraction of sp³-hybridized carbons (Fsp3) is 0.381. The van der Waals surface area contributed by atoms with E-state index in [2.05, 4.69) is 15.5 Å². The number of para-hydroxylation sites is 1. The first-order valence-corrected chi connectivity index (χ1v) is 9.27. The molecular weight excluding hydrogens is 342 g/mol. The Balaban J connectivity index is 1.71. The summed E-state index contributed by atoms with van der Waals surface area (Å²) >= 11 is 0. The van der Waals surface area contributed by atoms with Crippen LogP contribution in [0.3, 0.4) is 0 Å². The van der Waals surface area contributed by atoms with E-state index in [9.17, 15) is 4.79 Å². The van der Waals surface area contributed by atoms with Crippen LogP contribution >= 0.6 is 0 Å². The second-order valence-corrected chi connectivity index (χ2v) is 6.57. The van der Waals surface area contributed by atoms with Gasteiger partial charge in [-0.3, -0.25) is 4.90 Å². The van der Waals surface area contributed by atoms with Gasteiger partial charge in [0.2, 0.25) is 0 Å². The number of hydrogen-bond donors (Lipinski definition) is 2. The summed E-state index contributed by atoms with van der Waals surface area (Å²) in [5.41, 5.74) is 1.88. The number of urea groups is 1. The number of anilines is 1. The Bertz CT molecular complexity index is 746. The first-order valence-electron chi connectivity index (χ1n) is 9.27. The molecule has 0 bridgehead atoms. The highest BCUT2D eigenvalue weighted by atomic mass is 16.5. The molecule has 3 rings (SSSR count). The maximum Gasteiger partial charge on any atom is 0.319 e. The first-order chi connectivity index (χ1) is 13.2. The molecule has 6 nitrogen and oxygen atoms in total. The molecule has 1 aliphatic rings. The molecule has 0 radical (unpaired) electrons.